The number of aryl methyl sites for hydroxylation is 1. The molecule has 0 unspecified atom stereocenters. The molecule has 5 aromatic rings. The lowest BCUT2D eigenvalue weighted by Gasteiger charge is -2.29. The van der Waals surface area contributed by atoms with E-state index in [1.807, 2.05) is 0 Å². The van der Waals surface area contributed by atoms with E-state index >= 15 is 8.78 Å². The summed E-state index contributed by atoms with van der Waals surface area (Å²) in [6.45, 7) is -0.0128. The number of nitrogens with zero attached hydrogens (tertiary/aromatic N) is 2. The van der Waals surface area contributed by atoms with E-state index < -0.39 is 74.2 Å². The van der Waals surface area contributed by atoms with Gasteiger partial charge in [0.2, 0.25) is 0 Å². The highest BCUT2D eigenvalue weighted by Gasteiger charge is 2.38. The Bertz CT molecular complexity index is 2340. The van der Waals surface area contributed by atoms with Crippen molar-refractivity contribution < 1.29 is 45.1 Å². The van der Waals surface area contributed by atoms with Gasteiger partial charge in [-0.05, 0) is 40.1 Å². The van der Waals surface area contributed by atoms with Crippen LogP contribution in [0.3, 0.4) is 0 Å². The number of benzene rings is 4. The van der Waals surface area contributed by atoms with Crippen molar-refractivity contribution in [3.05, 3.63) is 111 Å². The summed E-state index contributed by atoms with van der Waals surface area (Å²) in [4.78, 5) is 40.4. The number of carboxylic acid groups (broad SMARTS) is 1. The normalized spacial score (nSPS) is 15.3. The van der Waals surface area contributed by atoms with Gasteiger partial charge >= 0.3 is 12.1 Å². The van der Waals surface area contributed by atoms with Crippen LogP contribution in [0.4, 0.5) is 27.6 Å². The molecule has 1 aromatic heterocycles. The number of alkyl halides is 3. The molecule has 50 heavy (non-hydrogen) atoms. The molecular weight excluding hydrogens is 685 g/mol. The number of aromatic nitrogens is 1. The van der Waals surface area contributed by atoms with Crippen LogP contribution < -0.4 is 15.8 Å². The Morgan fingerprint density at radius 1 is 0.900 bits per heavy atom. The number of hydrogen-bond acceptors (Lipinski definition) is 6. The molecule has 1 saturated heterocycles. The average Bonchev–Trinajstić information content (AvgIpc) is 3.05. The van der Waals surface area contributed by atoms with E-state index in [1.165, 1.54) is 72.6 Å². The third-order valence-electron chi connectivity index (χ3n) is 8.86. The lowest BCUT2D eigenvalue weighted by atomic mass is 9.90. The molecule has 1 aliphatic heterocycles. The molecule has 4 aromatic carbocycles. The summed E-state index contributed by atoms with van der Waals surface area (Å²) >= 11 is 0. The highest BCUT2D eigenvalue weighted by molar-refractivity contribution is 7.91. The van der Waals surface area contributed by atoms with E-state index in [0.717, 1.165) is 16.7 Å². The molecule has 0 spiro atoms. The van der Waals surface area contributed by atoms with Gasteiger partial charge in [0, 0.05) is 37.6 Å². The second-order valence-electron chi connectivity index (χ2n) is 11.9. The fourth-order valence-electron chi connectivity index (χ4n) is 6.39. The number of fused-ring (bicyclic) bond motifs is 2. The van der Waals surface area contributed by atoms with Crippen LogP contribution in [0.2, 0.25) is 0 Å². The Hall–Kier alpha value is -5.31. The first kappa shape index (κ1) is 34.5. The van der Waals surface area contributed by atoms with Crippen LogP contribution in [-0.2, 0) is 34.3 Å². The van der Waals surface area contributed by atoms with Gasteiger partial charge in [-0.1, -0.05) is 54.6 Å². The number of aliphatic carboxylic acids is 1. The Kier molecular flexibility index (Phi) is 8.89. The maximum atomic E-state index is 15.1. The van der Waals surface area contributed by atoms with Crippen molar-refractivity contribution in [2.24, 2.45) is 7.05 Å². The maximum Gasteiger partial charge on any atom is 0.417 e. The van der Waals surface area contributed by atoms with Gasteiger partial charge in [-0.25, -0.2) is 22.0 Å². The number of nitrogens with one attached hydrogen (secondary N) is 1. The molecule has 1 aliphatic rings. The number of sulfone groups is 1. The summed E-state index contributed by atoms with van der Waals surface area (Å²) < 4.78 is 98.8. The second-order valence-corrected chi connectivity index (χ2v) is 14.2. The molecule has 2 heterocycles. The van der Waals surface area contributed by atoms with E-state index in [0.29, 0.717) is 5.39 Å². The monoisotopic (exact) mass is 713 g/mol. The smallest absolute Gasteiger partial charge is 0.417 e. The Morgan fingerprint density at radius 2 is 1.50 bits per heavy atom. The number of amides is 1. The zero-order chi connectivity index (χ0) is 36.1. The molecule has 1 fully saturated rings. The van der Waals surface area contributed by atoms with Crippen LogP contribution >= 0.6 is 0 Å². The number of anilines is 1. The molecular formula is C35H28F5N3O6S. The lowest BCUT2D eigenvalue weighted by molar-refractivity contribution is -0.139. The fraction of sp³-hybridized carbons (Fsp3) is 0.229. The van der Waals surface area contributed by atoms with Crippen molar-refractivity contribution >= 4 is 49.1 Å². The van der Waals surface area contributed by atoms with Crippen LogP contribution in [0.1, 0.15) is 21.5 Å². The number of rotatable bonds is 7. The maximum absolute atomic E-state index is 15.1. The van der Waals surface area contributed by atoms with Crippen molar-refractivity contribution in [1.29, 1.82) is 0 Å². The van der Waals surface area contributed by atoms with Crippen LogP contribution in [0.15, 0.2) is 77.6 Å². The summed E-state index contributed by atoms with van der Waals surface area (Å²) in [6, 6.07) is 14.4. The minimum atomic E-state index is -4.92. The van der Waals surface area contributed by atoms with Crippen molar-refractivity contribution in [2.45, 2.75) is 18.6 Å². The standard InChI is InChI=1S/C35H28F5N3O6S/c1-42-28-11-3-2-7-24(28)31(35(38,39)40)29(33(42)45)23-10-5-8-21-19(6-4-9-22(21)23)16-27(34(46)47)41-32(44)30-25(36)17-20(18-26(30)37)43-12-14-50(48,49)15-13-43/h2-11,17-18,27H,12-16H2,1H3,(H,41,44)(H,46,47)/t27-/m0/s1. The number of para-hydroxylation sites is 1. The van der Waals surface area contributed by atoms with Gasteiger partial charge in [0.15, 0.2) is 9.84 Å². The van der Waals surface area contributed by atoms with Crippen molar-refractivity contribution in [3.8, 4) is 11.1 Å². The van der Waals surface area contributed by atoms with Crippen LogP contribution in [0, 0.1) is 11.6 Å². The number of pyridine rings is 1. The molecule has 0 saturated carbocycles. The lowest BCUT2D eigenvalue weighted by Crippen LogP contribution is -2.43. The number of carboxylic acids is 1. The first-order valence-electron chi connectivity index (χ1n) is 15.3. The summed E-state index contributed by atoms with van der Waals surface area (Å²) in [5.74, 6) is -5.92. The third-order valence-corrected chi connectivity index (χ3v) is 10.5. The predicted molar refractivity (Wildman–Crippen MR) is 177 cm³/mol. The van der Waals surface area contributed by atoms with Crippen LogP contribution in [-0.4, -0.2) is 60.6 Å². The van der Waals surface area contributed by atoms with Crippen LogP contribution in [0.5, 0.6) is 0 Å². The number of halogens is 5. The Balaban J connectivity index is 1.35. The largest absolute Gasteiger partial charge is 0.480 e. The molecule has 9 nitrogen and oxygen atoms in total. The SMILES string of the molecule is Cn1c(=O)c(-c2cccc3c(C[C@H](NC(=O)c4c(F)cc(N5CCS(=O)(=O)CC5)cc4F)C(=O)O)cccc23)c(C(F)(F)F)c2ccccc21. The van der Waals surface area contributed by atoms with E-state index in [1.54, 1.807) is 0 Å². The van der Waals surface area contributed by atoms with E-state index in [4.69, 9.17) is 0 Å². The van der Waals surface area contributed by atoms with Crippen molar-refractivity contribution in [3.63, 3.8) is 0 Å². The van der Waals surface area contributed by atoms with Gasteiger partial charge in [0.25, 0.3) is 11.5 Å². The molecule has 0 radical (unpaired) electrons. The number of hydrogen-bond donors (Lipinski definition) is 2. The molecule has 0 bridgehead atoms. The first-order chi connectivity index (χ1) is 23.6. The first-order valence-corrected chi connectivity index (χ1v) is 17.1. The zero-order valence-electron chi connectivity index (χ0n) is 26.2. The molecule has 0 aliphatic carbocycles. The quantitative estimate of drug-likeness (QED) is 0.219. The van der Waals surface area contributed by atoms with Crippen molar-refractivity contribution in [1.82, 2.24) is 9.88 Å². The van der Waals surface area contributed by atoms with Gasteiger partial charge < -0.3 is 19.9 Å². The molecule has 260 valence electrons. The molecule has 6 rings (SSSR count). The highest BCUT2D eigenvalue weighted by atomic mass is 32.2. The number of carbonyl (C=O) groups excluding carboxylic acids is 1. The van der Waals surface area contributed by atoms with Gasteiger partial charge in [-0.3, -0.25) is 9.59 Å². The second kappa shape index (κ2) is 12.9. The summed E-state index contributed by atoms with van der Waals surface area (Å²) in [5, 5.41) is 12.4. The van der Waals surface area contributed by atoms with Gasteiger partial charge in [-0.2, -0.15) is 13.2 Å². The van der Waals surface area contributed by atoms with Gasteiger partial charge in [-0.15, -0.1) is 0 Å². The molecule has 15 heteroatoms. The molecule has 1 atom stereocenters. The van der Waals surface area contributed by atoms with E-state index in [2.05, 4.69) is 5.32 Å². The van der Waals surface area contributed by atoms with Crippen molar-refractivity contribution in [2.75, 3.05) is 29.5 Å². The minimum Gasteiger partial charge on any atom is -0.480 e. The predicted octanol–water partition coefficient (Wildman–Crippen LogP) is 5.32. The van der Waals surface area contributed by atoms with E-state index in [-0.39, 0.29) is 57.7 Å². The molecule has 1 amide bonds. The van der Waals surface area contributed by atoms with Gasteiger partial charge in [0.1, 0.15) is 23.2 Å². The third kappa shape index (κ3) is 6.40. The topological polar surface area (TPSA) is 126 Å². The van der Waals surface area contributed by atoms with Gasteiger partial charge in [0.05, 0.1) is 28.1 Å². The average molecular weight is 714 g/mol. The van der Waals surface area contributed by atoms with E-state index in [9.17, 15) is 41.1 Å². The Morgan fingerprint density at radius 3 is 2.14 bits per heavy atom. The van der Waals surface area contributed by atoms with Crippen LogP contribution in [0.25, 0.3) is 32.8 Å². The Labute approximate surface area is 281 Å². The fourth-order valence-corrected chi connectivity index (χ4v) is 7.59. The number of carbonyl (C=O) groups is 2. The summed E-state index contributed by atoms with van der Waals surface area (Å²) in [5.41, 5.74) is -3.34. The highest BCUT2D eigenvalue weighted by Crippen LogP contribution is 2.42. The summed E-state index contributed by atoms with van der Waals surface area (Å²) in [7, 11) is -1.91. The minimum absolute atomic E-state index is 0.00640. The summed E-state index contributed by atoms with van der Waals surface area (Å²) in [6.07, 6.45) is -5.36. The molecule has 2 N–H and O–H groups in total. The zero-order valence-corrected chi connectivity index (χ0v) is 27.0.